The lowest BCUT2D eigenvalue weighted by Crippen LogP contribution is -2.44. The summed E-state index contributed by atoms with van der Waals surface area (Å²) >= 11 is 0. The van der Waals surface area contributed by atoms with E-state index in [1.54, 1.807) is 24.3 Å². The monoisotopic (exact) mass is 589 g/mol. The lowest BCUT2D eigenvalue weighted by molar-refractivity contribution is -0.111. The first-order valence-electron chi connectivity index (χ1n) is 14.5. The molecule has 2 atom stereocenters. The van der Waals surface area contributed by atoms with Crippen LogP contribution in [0.15, 0.2) is 61.4 Å². The van der Waals surface area contributed by atoms with E-state index >= 15 is 0 Å². The Morgan fingerprint density at radius 1 is 1.09 bits per heavy atom. The number of amides is 1. The molecule has 11 nitrogen and oxygen atoms in total. The van der Waals surface area contributed by atoms with Gasteiger partial charge in [0, 0.05) is 50.8 Å². The summed E-state index contributed by atoms with van der Waals surface area (Å²) < 4.78 is 25.3. The minimum atomic E-state index is -0.305. The molecule has 226 valence electrons. The first kappa shape index (κ1) is 28.8. The van der Waals surface area contributed by atoms with Crippen molar-refractivity contribution in [3.63, 3.8) is 0 Å². The number of halogens is 1. The van der Waals surface area contributed by atoms with Crippen LogP contribution in [0.3, 0.4) is 0 Å². The Kier molecular flexibility index (Phi) is 8.68. The summed E-state index contributed by atoms with van der Waals surface area (Å²) in [5.41, 5.74) is 2.94. The lowest BCUT2D eigenvalue weighted by atomic mass is 10.0. The van der Waals surface area contributed by atoms with E-state index in [-0.39, 0.29) is 17.8 Å². The van der Waals surface area contributed by atoms with Gasteiger partial charge in [0.15, 0.2) is 5.82 Å². The smallest absolute Gasteiger partial charge is 0.247 e. The molecule has 0 bridgehead atoms. The van der Waals surface area contributed by atoms with Crippen molar-refractivity contribution in [2.24, 2.45) is 0 Å². The van der Waals surface area contributed by atoms with Crippen molar-refractivity contribution < 1.29 is 23.5 Å². The summed E-state index contributed by atoms with van der Waals surface area (Å²) in [5.74, 6) is 1.03. The number of hydrogen-bond donors (Lipinski definition) is 2. The number of hydrogen-bond acceptors (Lipinski definition) is 10. The van der Waals surface area contributed by atoms with Crippen LogP contribution < -0.4 is 25.3 Å². The first-order chi connectivity index (χ1) is 21.0. The number of benzene rings is 2. The van der Waals surface area contributed by atoms with Crippen molar-refractivity contribution in [1.29, 1.82) is 0 Å². The Morgan fingerprint density at radius 3 is 2.74 bits per heavy atom. The van der Waals surface area contributed by atoms with Gasteiger partial charge in [-0.05, 0) is 36.3 Å². The Morgan fingerprint density at radius 2 is 1.95 bits per heavy atom. The maximum Gasteiger partial charge on any atom is 0.247 e. The van der Waals surface area contributed by atoms with Gasteiger partial charge >= 0.3 is 0 Å². The third-order valence-electron chi connectivity index (χ3n) is 8.11. The molecule has 1 aromatic heterocycles. The fourth-order valence-electron chi connectivity index (χ4n) is 5.97. The molecule has 4 heterocycles. The number of hydroxylamine groups is 1. The van der Waals surface area contributed by atoms with Crippen LogP contribution in [0, 0.1) is 5.82 Å². The van der Waals surface area contributed by atoms with Crippen LogP contribution in [0.1, 0.15) is 24.4 Å². The molecular formula is C31H36FN7O4. The van der Waals surface area contributed by atoms with Gasteiger partial charge in [-0.25, -0.2) is 19.4 Å². The number of methoxy groups -OCH3 is 1. The zero-order chi connectivity index (χ0) is 29.8. The molecule has 43 heavy (non-hydrogen) atoms. The highest BCUT2D eigenvalue weighted by molar-refractivity contribution is 6.02. The van der Waals surface area contributed by atoms with E-state index in [0.29, 0.717) is 47.8 Å². The highest BCUT2D eigenvalue weighted by Crippen LogP contribution is 2.41. The molecule has 3 aliphatic heterocycles. The molecule has 2 aromatic carbocycles. The molecule has 0 spiro atoms. The summed E-state index contributed by atoms with van der Waals surface area (Å²) in [6, 6.07) is 12.3. The van der Waals surface area contributed by atoms with Gasteiger partial charge in [-0.15, -0.1) is 0 Å². The van der Waals surface area contributed by atoms with Crippen LogP contribution in [-0.4, -0.2) is 79.9 Å². The van der Waals surface area contributed by atoms with Crippen molar-refractivity contribution >= 4 is 34.6 Å². The van der Waals surface area contributed by atoms with Gasteiger partial charge in [-0.1, -0.05) is 18.7 Å². The largest absolute Gasteiger partial charge is 0.494 e. The number of rotatable bonds is 9. The third-order valence-corrected chi connectivity index (χ3v) is 8.11. The summed E-state index contributed by atoms with van der Waals surface area (Å²) in [6.07, 6.45) is 4.42. The summed E-state index contributed by atoms with van der Waals surface area (Å²) in [5, 5.41) is 7.99. The topological polar surface area (TPSA) is 104 Å². The Hall–Kier alpha value is -4.26. The molecule has 12 heteroatoms. The third kappa shape index (κ3) is 6.41. The van der Waals surface area contributed by atoms with E-state index in [4.69, 9.17) is 14.3 Å². The van der Waals surface area contributed by atoms with E-state index < -0.39 is 0 Å². The van der Waals surface area contributed by atoms with Gasteiger partial charge in [0.05, 0.1) is 50.0 Å². The summed E-state index contributed by atoms with van der Waals surface area (Å²) in [6.45, 7) is 9.16. The maximum absolute atomic E-state index is 13.9. The van der Waals surface area contributed by atoms with Gasteiger partial charge in [0.2, 0.25) is 5.91 Å². The normalized spacial score (nSPS) is 20.7. The molecule has 3 fully saturated rings. The van der Waals surface area contributed by atoms with Crippen molar-refractivity contribution in [2.45, 2.75) is 24.9 Å². The summed E-state index contributed by atoms with van der Waals surface area (Å²) in [4.78, 5) is 31.9. The molecule has 3 saturated heterocycles. The molecular weight excluding hydrogens is 553 g/mol. The van der Waals surface area contributed by atoms with E-state index in [9.17, 15) is 9.18 Å². The molecule has 3 aromatic rings. The second-order valence-corrected chi connectivity index (χ2v) is 10.7. The molecule has 2 unspecified atom stereocenters. The molecule has 1 amide bonds. The van der Waals surface area contributed by atoms with Crippen LogP contribution in [0.2, 0.25) is 0 Å². The van der Waals surface area contributed by atoms with Crippen LogP contribution in [0.5, 0.6) is 5.75 Å². The maximum atomic E-state index is 13.9. The van der Waals surface area contributed by atoms with Gasteiger partial charge in [0.1, 0.15) is 23.7 Å². The Labute approximate surface area is 250 Å². The average molecular weight is 590 g/mol. The lowest BCUT2D eigenvalue weighted by Gasteiger charge is -2.32. The Balaban J connectivity index is 1.26. The van der Waals surface area contributed by atoms with Crippen molar-refractivity contribution in [2.75, 3.05) is 73.7 Å². The number of aromatic nitrogens is 2. The molecule has 0 aliphatic carbocycles. The molecule has 6 rings (SSSR count). The predicted octanol–water partition coefficient (Wildman–Crippen LogP) is 4.29. The van der Waals surface area contributed by atoms with E-state index in [1.807, 2.05) is 18.2 Å². The summed E-state index contributed by atoms with van der Waals surface area (Å²) in [7, 11) is 1.61. The van der Waals surface area contributed by atoms with Gasteiger partial charge < -0.3 is 25.0 Å². The zero-order valence-electron chi connectivity index (χ0n) is 24.2. The molecule has 0 radical (unpaired) electrons. The highest BCUT2D eigenvalue weighted by Gasteiger charge is 2.32. The predicted molar refractivity (Wildman–Crippen MR) is 162 cm³/mol. The van der Waals surface area contributed by atoms with Crippen molar-refractivity contribution in [3.8, 4) is 5.75 Å². The second kappa shape index (κ2) is 12.9. The van der Waals surface area contributed by atoms with Gasteiger partial charge in [-0.3, -0.25) is 14.5 Å². The Bertz CT molecular complexity index is 1470. The SMILES string of the molecule is C=CC(=O)Nc1cc(Nc2cc(N3OCCC3c3cccc(F)c3)ncn2)c(OC)cc1N1CCC(N2CCOCC2)C1. The second-order valence-electron chi connectivity index (χ2n) is 10.7. The average Bonchev–Trinajstić information content (AvgIpc) is 3.73. The van der Waals surface area contributed by atoms with E-state index in [0.717, 1.165) is 57.1 Å². The zero-order valence-corrected chi connectivity index (χ0v) is 24.2. The van der Waals surface area contributed by atoms with Gasteiger partial charge in [0.25, 0.3) is 0 Å². The molecule has 3 aliphatic rings. The number of carbonyl (C=O) groups is 1. The first-order valence-corrected chi connectivity index (χ1v) is 14.5. The fourth-order valence-corrected chi connectivity index (χ4v) is 5.97. The highest BCUT2D eigenvalue weighted by atomic mass is 19.1. The minimum Gasteiger partial charge on any atom is -0.494 e. The minimum absolute atomic E-state index is 0.185. The van der Waals surface area contributed by atoms with Crippen LogP contribution in [0.25, 0.3) is 0 Å². The molecule has 2 N–H and O–H groups in total. The number of ether oxygens (including phenoxy) is 2. The van der Waals surface area contributed by atoms with Crippen molar-refractivity contribution in [3.05, 3.63) is 72.8 Å². The van der Waals surface area contributed by atoms with Crippen LogP contribution in [-0.2, 0) is 14.4 Å². The quantitative estimate of drug-likeness (QED) is 0.352. The van der Waals surface area contributed by atoms with Crippen molar-refractivity contribution in [1.82, 2.24) is 14.9 Å². The number of morpholine rings is 1. The van der Waals surface area contributed by atoms with E-state index in [1.165, 1.54) is 24.5 Å². The number of carbonyl (C=O) groups excluding carboxylic acids is 1. The van der Waals surface area contributed by atoms with Crippen LogP contribution in [0.4, 0.5) is 33.1 Å². The number of nitrogens with zero attached hydrogens (tertiary/aromatic N) is 5. The van der Waals surface area contributed by atoms with Crippen LogP contribution >= 0.6 is 0 Å². The van der Waals surface area contributed by atoms with E-state index in [2.05, 4.69) is 37.0 Å². The fraction of sp³-hybridized carbons (Fsp3) is 0.387. The number of anilines is 5. The molecule has 0 saturated carbocycles. The van der Waals surface area contributed by atoms with Gasteiger partial charge in [-0.2, -0.15) is 0 Å². The standard InChI is InChI=1S/C31H36FN7O4/c1-3-31(40)36-24-16-25(28(41-2)17-27(24)38-9-7-23(19-38)37-10-13-42-14-11-37)35-29-18-30(34-20-33-29)39-26(8-12-43-39)21-5-4-6-22(32)15-21/h3-6,15-18,20,23,26H,1,7-14,19H2,2H3,(H,36,40)(H,33,34,35). The number of nitrogens with one attached hydrogen (secondary N) is 2.